The molecular formula is C12H18ClNO2. The van der Waals surface area contributed by atoms with Crippen molar-refractivity contribution in [1.29, 1.82) is 0 Å². The van der Waals surface area contributed by atoms with Crippen LogP contribution in [0.1, 0.15) is 12.0 Å². The van der Waals surface area contributed by atoms with E-state index in [4.69, 9.17) is 9.84 Å². The van der Waals surface area contributed by atoms with Crippen LogP contribution in [0.15, 0.2) is 18.2 Å². The van der Waals surface area contributed by atoms with Gasteiger partial charge in [0.1, 0.15) is 5.75 Å². The highest BCUT2D eigenvalue weighted by Crippen LogP contribution is 2.30. The number of benzene rings is 1. The van der Waals surface area contributed by atoms with Crippen molar-refractivity contribution in [3.05, 3.63) is 23.8 Å². The molecule has 0 aliphatic carbocycles. The second kappa shape index (κ2) is 5.97. The van der Waals surface area contributed by atoms with Crippen molar-refractivity contribution in [2.75, 3.05) is 31.7 Å². The first kappa shape index (κ1) is 13.1. The number of nitrogens with zero attached hydrogens (tertiary/aromatic N) is 1. The van der Waals surface area contributed by atoms with Crippen LogP contribution in [0.4, 0.5) is 5.69 Å². The molecule has 0 atom stereocenters. The molecule has 0 saturated heterocycles. The molecule has 3 nitrogen and oxygen atoms in total. The van der Waals surface area contributed by atoms with Gasteiger partial charge in [-0.25, -0.2) is 0 Å². The van der Waals surface area contributed by atoms with E-state index in [0.29, 0.717) is 0 Å². The van der Waals surface area contributed by atoms with Gasteiger partial charge < -0.3 is 14.7 Å². The maximum atomic E-state index is 8.81. The number of methoxy groups -OCH3 is 1. The van der Waals surface area contributed by atoms with Crippen molar-refractivity contribution in [3.8, 4) is 5.75 Å². The van der Waals surface area contributed by atoms with Crippen LogP contribution in [0, 0.1) is 0 Å². The van der Waals surface area contributed by atoms with Gasteiger partial charge in [-0.3, -0.25) is 0 Å². The van der Waals surface area contributed by atoms with Crippen molar-refractivity contribution < 1.29 is 9.84 Å². The fourth-order valence-electron chi connectivity index (χ4n) is 2.07. The summed E-state index contributed by atoms with van der Waals surface area (Å²) >= 11 is 0. The third-order valence-electron chi connectivity index (χ3n) is 2.86. The second-order valence-corrected chi connectivity index (χ2v) is 3.81. The Morgan fingerprint density at radius 3 is 2.94 bits per heavy atom. The number of rotatable bonds is 4. The summed E-state index contributed by atoms with van der Waals surface area (Å²) in [7, 11) is 1.69. The molecule has 4 heteroatoms. The Hall–Kier alpha value is -0.930. The molecule has 0 unspecified atom stereocenters. The zero-order chi connectivity index (χ0) is 10.7. The first-order valence-corrected chi connectivity index (χ1v) is 5.38. The van der Waals surface area contributed by atoms with Gasteiger partial charge in [-0.2, -0.15) is 0 Å². The number of aliphatic hydroxyl groups is 1. The molecule has 1 aliphatic heterocycles. The third-order valence-corrected chi connectivity index (χ3v) is 2.86. The maximum absolute atomic E-state index is 8.81. The van der Waals surface area contributed by atoms with Crippen LogP contribution >= 0.6 is 12.4 Å². The highest BCUT2D eigenvalue weighted by Gasteiger charge is 2.18. The molecule has 1 aliphatic rings. The summed E-state index contributed by atoms with van der Waals surface area (Å²) < 4.78 is 5.20. The molecule has 0 fully saturated rings. The fourth-order valence-corrected chi connectivity index (χ4v) is 2.07. The Morgan fingerprint density at radius 2 is 2.25 bits per heavy atom. The van der Waals surface area contributed by atoms with E-state index < -0.39 is 0 Å². The fraction of sp³-hybridized carbons (Fsp3) is 0.500. The number of halogens is 1. The lowest BCUT2D eigenvalue weighted by molar-refractivity contribution is 0.290. The molecular weight excluding hydrogens is 226 g/mol. The van der Waals surface area contributed by atoms with Crippen LogP contribution in [0.3, 0.4) is 0 Å². The Bertz CT molecular complexity index is 344. The van der Waals surface area contributed by atoms with E-state index in [2.05, 4.69) is 17.0 Å². The topological polar surface area (TPSA) is 32.7 Å². The molecule has 1 heterocycles. The maximum Gasteiger partial charge on any atom is 0.119 e. The second-order valence-electron chi connectivity index (χ2n) is 3.81. The van der Waals surface area contributed by atoms with Gasteiger partial charge in [-0.1, -0.05) is 0 Å². The predicted octanol–water partition coefficient (Wildman–Crippen LogP) is 1.86. The summed E-state index contributed by atoms with van der Waals surface area (Å²) in [5, 5.41) is 8.81. The van der Waals surface area contributed by atoms with Gasteiger partial charge in [-0.15, -0.1) is 12.4 Å². The first-order valence-electron chi connectivity index (χ1n) is 5.38. The van der Waals surface area contributed by atoms with Crippen LogP contribution in [0.5, 0.6) is 5.75 Å². The zero-order valence-electron chi connectivity index (χ0n) is 9.48. The third kappa shape index (κ3) is 2.60. The normalized spacial score (nSPS) is 13.2. The largest absolute Gasteiger partial charge is 0.497 e. The summed E-state index contributed by atoms with van der Waals surface area (Å²) in [5.41, 5.74) is 2.65. The minimum Gasteiger partial charge on any atom is -0.497 e. The van der Waals surface area contributed by atoms with Crippen LogP contribution in [0.2, 0.25) is 0 Å². The SMILES string of the molecule is COc1ccc2c(c1)CCN2CCCO.Cl. The number of aliphatic hydroxyl groups excluding tert-OH is 1. The Balaban J connectivity index is 0.00000128. The molecule has 16 heavy (non-hydrogen) atoms. The highest BCUT2D eigenvalue weighted by atomic mass is 35.5. The molecule has 1 N–H and O–H groups in total. The van der Waals surface area contributed by atoms with Crippen molar-refractivity contribution in [3.63, 3.8) is 0 Å². The van der Waals surface area contributed by atoms with E-state index >= 15 is 0 Å². The quantitative estimate of drug-likeness (QED) is 0.876. The number of fused-ring (bicyclic) bond motifs is 1. The highest BCUT2D eigenvalue weighted by molar-refractivity contribution is 5.85. The van der Waals surface area contributed by atoms with E-state index in [9.17, 15) is 0 Å². The first-order chi connectivity index (χ1) is 7.35. The molecule has 1 aromatic carbocycles. The lowest BCUT2D eigenvalue weighted by Crippen LogP contribution is -2.22. The number of hydrogen-bond acceptors (Lipinski definition) is 3. The van der Waals surface area contributed by atoms with E-state index in [-0.39, 0.29) is 19.0 Å². The van der Waals surface area contributed by atoms with Gasteiger partial charge in [-0.05, 0) is 36.6 Å². The number of hydrogen-bond donors (Lipinski definition) is 1. The number of ether oxygens (including phenoxy) is 1. The Kier molecular flexibility index (Phi) is 4.90. The lowest BCUT2D eigenvalue weighted by Gasteiger charge is -2.18. The average Bonchev–Trinajstić information content (AvgIpc) is 2.68. The molecule has 0 radical (unpaired) electrons. The standard InChI is InChI=1S/C12H17NO2.ClH/c1-15-11-3-4-12-10(9-11)5-7-13(12)6-2-8-14;/h3-4,9,14H,2,5-8H2,1H3;1H. The van der Waals surface area contributed by atoms with Gasteiger partial charge in [0.25, 0.3) is 0 Å². The Morgan fingerprint density at radius 1 is 1.44 bits per heavy atom. The van der Waals surface area contributed by atoms with Crippen LogP contribution in [-0.4, -0.2) is 31.9 Å². The molecule has 0 saturated carbocycles. The van der Waals surface area contributed by atoms with Crippen LogP contribution in [-0.2, 0) is 6.42 Å². The molecule has 1 aromatic rings. The van der Waals surface area contributed by atoms with E-state index in [1.54, 1.807) is 7.11 Å². The van der Waals surface area contributed by atoms with Crippen molar-refractivity contribution in [2.24, 2.45) is 0 Å². The molecule has 0 bridgehead atoms. The molecule has 0 aromatic heterocycles. The summed E-state index contributed by atoms with van der Waals surface area (Å²) in [4.78, 5) is 2.32. The van der Waals surface area contributed by atoms with Gasteiger partial charge in [0.05, 0.1) is 7.11 Å². The smallest absolute Gasteiger partial charge is 0.119 e. The zero-order valence-corrected chi connectivity index (χ0v) is 10.3. The van der Waals surface area contributed by atoms with Gasteiger partial charge >= 0.3 is 0 Å². The minimum absolute atomic E-state index is 0. The van der Waals surface area contributed by atoms with Crippen molar-refractivity contribution in [1.82, 2.24) is 0 Å². The summed E-state index contributed by atoms with van der Waals surface area (Å²) in [6.07, 6.45) is 1.92. The van der Waals surface area contributed by atoms with E-state index in [1.807, 2.05) is 6.07 Å². The van der Waals surface area contributed by atoms with E-state index in [0.717, 1.165) is 31.7 Å². The van der Waals surface area contributed by atoms with E-state index in [1.165, 1.54) is 11.3 Å². The van der Waals surface area contributed by atoms with Crippen LogP contribution < -0.4 is 9.64 Å². The molecule has 2 rings (SSSR count). The van der Waals surface area contributed by atoms with Crippen molar-refractivity contribution >= 4 is 18.1 Å². The van der Waals surface area contributed by atoms with Gasteiger partial charge in [0.2, 0.25) is 0 Å². The average molecular weight is 244 g/mol. The number of anilines is 1. The molecule has 0 spiro atoms. The van der Waals surface area contributed by atoms with Crippen molar-refractivity contribution in [2.45, 2.75) is 12.8 Å². The summed E-state index contributed by atoms with van der Waals surface area (Å²) in [5.74, 6) is 0.928. The summed E-state index contributed by atoms with van der Waals surface area (Å²) in [6, 6.07) is 6.21. The minimum atomic E-state index is 0. The molecule has 0 amide bonds. The lowest BCUT2D eigenvalue weighted by atomic mass is 10.1. The Labute approximate surface area is 102 Å². The predicted molar refractivity (Wildman–Crippen MR) is 67.9 cm³/mol. The molecule has 90 valence electrons. The monoisotopic (exact) mass is 243 g/mol. The van der Waals surface area contributed by atoms with Gasteiger partial charge in [0, 0.05) is 25.4 Å². The van der Waals surface area contributed by atoms with Gasteiger partial charge in [0.15, 0.2) is 0 Å². The summed E-state index contributed by atoms with van der Waals surface area (Å²) in [6.45, 7) is 2.26. The van der Waals surface area contributed by atoms with Crippen LogP contribution in [0.25, 0.3) is 0 Å².